The fraction of sp³-hybridized carbons (Fsp3) is 0.611. The number of hydrogen-bond acceptors (Lipinski definition) is 4. The highest BCUT2D eigenvalue weighted by molar-refractivity contribution is 6.31. The van der Waals surface area contributed by atoms with Gasteiger partial charge in [0.15, 0.2) is 12.4 Å². The predicted octanol–water partition coefficient (Wildman–Crippen LogP) is 3.03. The zero-order valence-corrected chi connectivity index (χ0v) is 14.9. The van der Waals surface area contributed by atoms with E-state index in [1.807, 2.05) is 17.9 Å². The number of halogens is 1. The van der Waals surface area contributed by atoms with Crippen LogP contribution in [0.5, 0.6) is 5.75 Å². The number of piperidine rings is 1. The van der Waals surface area contributed by atoms with Gasteiger partial charge in [-0.2, -0.15) is 0 Å². The van der Waals surface area contributed by atoms with Crippen molar-refractivity contribution in [2.24, 2.45) is 5.92 Å². The van der Waals surface area contributed by atoms with E-state index in [-0.39, 0.29) is 12.2 Å². The van der Waals surface area contributed by atoms with Crippen LogP contribution in [0.25, 0.3) is 0 Å². The molecule has 0 spiro atoms. The number of amides is 1. The zero-order valence-electron chi connectivity index (χ0n) is 14.2. The SMILES string of the molecule is Cc1cc(OC(C)C(=O)N2CCC(C3OCCO3)CC2)ccc1Cl. The Labute approximate surface area is 147 Å². The topological polar surface area (TPSA) is 48.0 Å². The highest BCUT2D eigenvalue weighted by Crippen LogP contribution is 2.27. The quantitative estimate of drug-likeness (QED) is 0.834. The molecule has 2 aliphatic heterocycles. The number of carbonyl (C=O) groups is 1. The van der Waals surface area contributed by atoms with E-state index in [0.29, 0.717) is 29.9 Å². The molecule has 1 aromatic rings. The number of benzene rings is 1. The lowest BCUT2D eigenvalue weighted by molar-refractivity contribution is -0.143. The highest BCUT2D eigenvalue weighted by atomic mass is 35.5. The molecule has 6 heteroatoms. The first-order valence-corrected chi connectivity index (χ1v) is 8.87. The first-order valence-electron chi connectivity index (χ1n) is 8.49. The van der Waals surface area contributed by atoms with E-state index in [2.05, 4.69) is 0 Å². The predicted molar refractivity (Wildman–Crippen MR) is 91.3 cm³/mol. The molecule has 2 fully saturated rings. The fourth-order valence-corrected chi connectivity index (χ4v) is 3.36. The van der Waals surface area contributed by atoms with Crippen LogP contribution in [0, 0.1) is 12.8 Å². The molecule has 2 heterocycles. The van der Waals surface area contributed by atoms with E-state index in [4.69, 9.17) is 25.8 Å². The third-order valence-electron chi connectivity index (χ3n) is 4.67. The third kappa shape index (κ3) is 4.02. The van der Waals surface area contributed by atoms with Gasteiger partial charge in [-0.15, -0.1) is 0 Å². The Hall–Kier alpha value is -1.30. The van der Waals surface area contributed by atoms with Crippen molar-refractivity contribution < 1.29 is 19.0 Å². The lowest BCUT2D eigenvalue weighted by Gasteiger charge is -2.35. The summed E-state index contributed by atoms with van der Waals surface area (Å²) < 4.78 is 16.9. The summed E-state index contributed by atoms with van der Waals surface area (Å²) in [5.41, 5.74) is 0.936. The first-order chi connectivity index (χ1) is 11.5. The maximum Gasteiger partial charge on any atom is 0.263 e. The maximum atomic E-state index is 12.6. The molecule has 2 saturated heterocycles. The Morgan fingerprint density at radius 2 is 1.96 bits per heavy atom. The molecule has 0 bridgehead atoms. The lowest BCUT2D eigenvalue weighted by atomic mass is 9.96. The smallest absolute Gasteiger partial charge is 0.263 e. The summed E-state index contributed by atoms with van der Waals surface area (Å²) in [6.45, 7) is 6.51. The first kappa shape index (κ1) is 17.5. The van der Waals surface area contributed by atoms with E-state index in [0.717, 1.165) is 31.5 Å². The van der Waals surface area contributed by atoms with Crippen molar-refractivity contribution in [1.82, 2.24) is 4.90 Å². The van der Waals surface area contributed by atoms with E-state index in [1.165, 1.54) is 0 Å². The number of carbonyl (C=O) groups excluding carboxylic acids is 1. The molecule has 3 rings (SSSR count). The standard InChI is InChI=1S/C18H24ClNO4/c1-12-11-15(3-4-16(12)19)24-13(2)17(21)20-7-5-14(6-8-20)18-22-9-10-23-18/h3-4,11,13-14,18H,5-10H2,1-2H3. The average Bonchev–Trinajstić information content (AvgIpc) is 3.12. The summed E-state index contributed by atoms with van der Waals surface area (Å²) in [5, 5.41) is 0.694. The van der Waals surface area contributed by atoms with Crippen LogP contribution >= 0.6 is 11.6 Å². The minimum absolute atomic E-state index is 0.0225. The van der Waals surface area contributed by atoms with E-state index in [9.17, 15) is 4.79 Å². The normalized spacial score (nSPS) is 21.0. The molecule has 2 aliphatic rings. The van der Waals surface area contributed by atoms with Crippen LogP contribution in [0.3, 0.4) is 0 Å². The lowest BCUT2D eigenvalue weighted by Crippen LogP contribution is -2.46. The van der Waals surface area contributed by atoms with Crippen LogP contribution in [0.2, 0.25) is 5.02 Å². The van der Waals surface area contributed by atoms with E-state index >= 15 is 0 Å². The van der Waals surface area contributed by atoms with Gasteiger partial charge in [-0.1, -0.05) is 11.6 Å². The molecular formula is C18H24ClNO4. The van der Waals surface area contributed by atoms with Gasteiger partial charge >= 0.3 is 0 Å². The van der Waals surface area contributed by atoms with Crippen LogP contribution < -0.4 is 4.74 Å². The van der Waals surface area contributed by atoms with E-state index in [1.54, 1.807) is 19.1 Å². The second-order valence-corrected chi connectivity index (χ2v) is 6.85. The van der Waals surface area contributed by atoms with Gasteiger partial charge in [0.05, 0.1) is 13.2 Å². The van der Waals surface area contributed by atoms with E-state index < -0.39 is 6.10 Å². The maximum absolute atomic E-state index is 12.6. The van der Waals surface area contributed by atoms with Gasteiger partial charge in [0.2, 0.25) is 0 Å². The average molecular weight is 354 g/mol. The Bertz CT molecular complexity index is 580. The number of aryl methyl sites for hydroxylation is 1. The van der Waals surface area contributed by atoms with Crippen LogP contribution in [0.1, 0.15) is 25.3 Å². The van der Waals surface area contributed by atoms with Crippen molar-refractivity contribution in [3.8, 4) is 5.75 Å². The van der Waals surface area contributed by atoms with Gasteiger partial charge in [-0.05, 0) is 50.5 Å². The van der Waals surface area contributed by atoms with Crippen molar-refractivity contribution >= 4 is 17.5 Å². The fourth-order valence-electron chi connectivity index (χ4n) is 3.24. The summed E-state index contributed by atoms with van der Waals surface area (Å²) in [4.78, 5) is 14.5. The van der Waals surface area contributed by atoms with Crippen molar-refractivity contribution in [2.45, 2.75) is 39.1 Å². The molecule has 1 atom stereocenters. The largest absolute Gasteiger partial charge is 0.481 e. The molecular weight excluding hydrogens is 330 g/mol. The Morgan fingerprint density at radius 3 is 2.58 bits per heavy atom. The molecule has 24 heavy (non-hydrogen) atoms. The van der Waals surface area contributed by atoms with Crippen LogP contribution in [-0.4, -0.2) is 49.5 Å². The van der Waals surface area contributed by atoms with Crippen molar-refractivity contribution in [2.75, 3.05) is 26.3 Å². The van der Waals surface area contributed by atoms with Crippen LogP contribution in [0.4, 0.5) is 0 Å². The van der Waals surface area contributed by atoms with Crippen LogP contribution in [0.15, 0.2) is 18.2 Å². The van der Waals surface area contributed by atoms with Gasteiger partial charge in [-0.25, -0.2) is 0 Å². The van der Waals surface area contributed by atoms with Crippen molar-refractivity contribution in [1.29, 1.82) is 0 Å². The molecule has 0 aromatic heterocycles. The molecule has 0 radical (unpaired) electrons. The zero-order chi connectivity index (χ0) is 17.1. The van der Waals surface area contributed by atoms with Gasteiger partial charge in [-0.3, -0.25) is 4.79 Å². The molecule has 5 nitrogen and oxygen atoms in total. The number of rotatable bonds is 4. The van der Waals surface area contributed by atoms with Crippen LogP contribution in [-0.2, 0) is 14.3 Å². The van der Waals surface area contributed by atoms with Crippen molar-refractivity contribution in [3.05, 3.63) is 28.8 Å². The molecule has 1 unspecified atom stereocenters. The summed E-state index contributed by atoms with van der Waals surface area (Å²) in [6, 6.07) is 5.43. The summed E-state index contributed by atoms with van der Waals surface area (Å²) in [7, 11) is 0. The van der Waals surface area contributed by atoms with Gasteiger partial charge in [0.1, 0.15) is 5.75 Å². The van der Waals surface area contributed by atoms with Gasteiger partial charge in [0.25, 0.3) is 5.91 Å². The van der Waals surface area contributed by atoms with Gasteiger partial charge in [0, 0.05) is 24.0 Å². The summed E-state index contributed by atoms with van der Waals surface area (Å²) >= 11 is 6.02. The molecule has 1 aromatic carbocycles. The minimum Gasteiger partial charge on any atom is -0.481 e. The Balaban J connectivity index is 1.51. The molecule has 1 amide bonds. The number of hydrogen-bond donors (Lipinski definition) is 0. The summed E-state index contributed by atoms with van der Waals surface area (Å²) in [6.07, 6.45) is 1.21. The highest BCUT2D eigenvalue weighted by Gasteiger charge is 2.33. The molecule has 0 saturated carbocycles. The molecule has 0 aliphatic carbocycles. The Kier molecular flexibility index (Phi) is 5.64. The Morgan fingerprint density at radius 1 is 1.29 bits per heavy atom. The van der Waals surface area contributed by atoms with Gasteiger partial charge < -0.3 is 19.1 Å². The molecule has 0 N–H and O–H groups in total. The second-order valence-electron chi connectivity index (χ2n) is 6.44. The minimum atomic E-state index is -0.513. The number of ether oxygens (including phenoxy) is 3. The van der Waals surface area contributed by atoms with Crippen molar-refractivity contribution in [3.63, 3.8) is 0 Å². The monoisotopic (exact) mass is 353 g/mol. The number of nitrogens with zero attached hydrogens (tertiary/aromatic N) is 1. The summed E-state index contributed by atoms with van der Waals surface area (Å²) in [5.74, 6) is 1.07. The molecule has 132 valence electrons. The third-order valence-corrected chi connectivity index (χ3v) is 5.10. The second kappa shape index (κ2) is 7.72. The number of likely N-dealkylation sites (tertiary alicyclic amines) is 1.